The average molecular weight is 538 g/mol. The largest absolute Gasteiger partial charge is 0.357 e. The van der Waals surface area contributed by atoms with Crippen LogP contribution in [0.4, 0.5) is 5.69 Å². The van der Waals surface area contributed by atoms with E-state index in [-0.39, 0.29) is 35.8 Å². The highest BCUT2D eigenvalue weighted by atomic mass is 127. The number of carbonyl (C=O) groups is 1. The number of anilines is 1. The number of halogens is 1. The van der Waals surface area contributed by atoms with E-state index in [2.05, 4.69) is 38.9 Å². The summed E-state index contributed by atoms with van der Waals surface area (Å²) < 4.78 is 2.21. The molecule has 31 heavy (non-hydrogen) atoms. The molecule has 2 unspecified atom stereocenters. The van der Waals surface area contributed by atoms with Gasteiger partial charge in [0.25, 0.3) is 0 Å². The SMILES string of the molecule is CCNC(=NCc1ccc(NC(=O)C(C)C)cc1)N1CCC(C)C(n2ccnc2)C1.I. The van der Waals surface area contributed by atoms with Crippen LogP contribution in [0.15, 0.2) is 48.0 Å². The van der Waals surface area contributed by atoms with Crippen LogP contribution in [0.1, 0.15) is 45.7 Å². The smallest absolute Gasteiger partial charge is 0.226 e. The third-order valence-corrected chi connectivity index (χ3v) is 5.62. The Bertz CT molecular complexity index is 834. The van der Waals surface area contributed by atoms with Gasteiger partial charge in [-0.05, 0) is 37.0 Å². The fourth-order valence-corrected chi connectivity index (χ4v) is 3.67. The van der Waals surface area contributed by atoms with Crippen LogP contribution < -0.4 is 10.6 Å². The van der Waals surface area contributed by atoms with Gasteiger partial charge in [-0.25, -0.2) is 9.98 Å². The normalized spacial score (nSPS) is 19.1. The van der Waals surface area contributed by atoms with E-state index in [1.165, 1.54) is 0 Å². The summed E-state index contributed by atoms with van der Waals surface area (Å²) >= 11 is 0. The first-order valence-electron chi connectivity index (χ1n) is 10.9. The van der Waals surface area contributed by atoms with Gasteiger partial charge in [0, 0.05) is 43.6 Å². The van der Waals surface area contributed by atoms with E-state index < -0.39 is 0 Å². The zero-order valence-corrected chi connectivity index (χ0v) is 21.2. The van der Waals surface area contributed by atoms with Gasteiger partial charge >= 0.3 is 0 Å². The molecule has 1 fully saturated rings. The van der Waals surface area contributed by atoms with Crippen molar-refractivity contribution in [3.05, 3.63) is 48.5 Å². The number of hydrogen-bond donors (Lipinski definition) is 2. The summed E-state index contributed by atoms with van der Waals surface area (Å²) in [6.45, 7) is 11.5. The van der Waals surface area contributed by atoms with Gasteiger partial charge in [-0.3, -0.25) is 4.79 Å². The molecule has 7 nitrogen and oxygen atoms in total. The fourth-order valence-electron chi connectivity index (χ4n) is 3.67. The fraction of sp³-hybridized carbons (Fsp3) is 0.522. The molecule has 0 saturated carbocycles. The molecule has 1 aromatic heterocycles. The minimum absolute atomic E-state index is 0. The number of benzene rings is 1. The van der Waals surface area contributed by atoms with Crippen LogP contribution in [0, 0.1) is 11.8 Å². The second-order valence-corrected chi connectivity index (χ2v) is 8.30. The molecule has 0 aliphatic carbocycles. The average Bonchev–Trinajstić information content (AvgIpc) is 3.27. The Kier molecular flexibility index (Phi) is 9.80. The van der Waals surface area contributed by atoms with Crippen molar-refractivity contribution >= 4 is 41.5 Å². The second-order valence-electron chi connectivity index (χ2n) is 8.30. The zero-order chi connectivity index (χ0) is 21.5. The third-order valence-electron chi connectivity index (χ3n) is 5.62. The molecule has 3 rings (SSSR count). The van der Waals surface area contributed by atoms with Crippen molar-refractivity contribution in [1.29, 1.82) is 0 Å². The van der Waals surface area contributed by atoms with Gasteiger partial charge in [0.15, 0.2) is 5.96 Å². The minimum atomic E-state index is -0.0321. The number of aliphatic imine (C=N–C) groups is 1. The Labute approximate surface area is 202 Å². The maximum Gasteiger partial charge on any atom is 0.226 e. The summed E-state index contributed by atoms with van der Waals surface area (Å²) in [6.07, 6.45) is 6.93. The van der Waals surface area contributed by atoms with Gasteiger partial charge in [0.05, 0.1) is 18.9 Å². The lowest BCUT2D eigenvalue weighted by Crippen LogP contribution is -2.49. The van der Waals surface area contributed by atoms with Gasteiger partial charge in [0.2, 0.25) is 5.91 Å². The second kappa shape index (κ2) is 12.1. The predicted molar refractivity (Wildman–Crippen MR) is 137 cm³/mol. The van der Waals surface area contributed by atoms with Crippen LogP contribution >= 0.6 is 24.0 Å². The van der Waals surface area contributed by atoms with E-state index in [4.69, 9.17) is 4.99 Å². The lowest BCUT2D eigenvalue weighted by Gasteiger charge is -2.39. The number of imidazole rings is 1. The lowest BCUT2D eigenvalue weighted by atomic mass is 9.93. The van der Waals surface area contributed by atoms with Crippen LogP contribution in [0.25, 0.3) is 0 Å². The number of rotatable bonds is 6. The standard InChI is InChI=1S/C23H34N6O.HI/c1-5-25-23(28-12-10-18(4)21(15-28)29-13-11-24-16-29)26-14-19-6-8-20(9-7-19)27-22(30)17(2)3;/h6-9,11,13,16-18,21H,5,10,12,14-15H2,1-4H3,(H,25,26)(H,27,30);1H. The number of hydrogen-bond acceptors (Lipinski definition) is 3. The molecule has 1 saturated heterocycles. The van der Waals surface area contributed by atoms with Crippen molar-refractivity contribution in [2.24, 2.45) is 16.8 Å². The summed E-state index contributed by atoms with van der Waals surface area (Å²) in [5, 5.41) is 6.37. The van der Waals surface area contributed by atoms with Crippen molar-refractivity contribution < 1.29 is 4.79 Å². The third kappa shape index (κ3) is 6.95. The van der Waals surface area contributed by atoms with Gasteiger partial charge in [0.1, 0.15) is 0 Å². The molecule has 0 radical (unpaired) electrons. The Morgan fingerprint density at radius 1 is 1.29 bits per heavy atom. The molecule has 2 N–H and O–H groups in total. The molecule has 2 atom stereocenters. The van der Waals surface area contributed by atoms with Crippen LogP contribution in [0.2, 0.25) is 0 Å². The number of amides is 1. The highest BCUT2D eigenvalue weighted by Gasteiger charge is 2.28. The Balaban J connectivity index is 0.00000341. The summed E-state index contributed by atoms with van der Waals surface area (Å²) in [4.78, 5) is 23.3. The maximum atomic E-state index is 11.8. The highest BCUT2D eigenvalue weighted by Crippen LogP contribution is 2.27. The Hall–Kier alpha value is -2.10. The van der Waals surface area contributed by atoms with E-state index in [1.807, 2.05) is 56.8 Å². The van der Waals surface area contributed by atoms with Crippen LogP contribution in [-0.2, 0) is 11.3 Å². The topological polar surface area (TPSA) is 74.6 Å². The molecule has 2 heterocycles. The van der Waals surface area contributed by atoms with E-state index in [0.29, 0.717) is 18.5 Å². The van der Waals surface area contributed by atoms with Crippen LogP contribution in [-0.4, -0.2) is 46.0 Å². The van der Waals surface area contributed by atoms with Gasteiger partial charge in [-0.2, -0.15) is 0 Å². The first kappa shape index (κ1) is 25.2. The van der Waals surface area contributed by atoms with Gasteiger partial charge in [-0.15, -0.1) is 24.0 Å². The zero-order valence-electron chi connectivity index (χ0n) is 18.9. The molecule has 0 bridgehead atoms. The molecular formula is C23H35IN6O. The van der Waals surface area contributed by atoms with Crippen LogP contribution in [0.5, 0.6) is 0 Å². The highest BCUT2D eigenvalue weighted by molar-refractivity contribution is 14.0. The molecular weight excluding hydrogens is 503 g/mol. The monoisotopic (exact) mass is 538 g/mol. The summed E-state index contributed by atoms with van der Waals surface area (Å²) in [5.74, 6) is 1.55. The molecule has 2 aromatic rings. The number of nitrogens with zero attached hydrogens (tertiary/aromatic N) is 4. The number of nitrogens with one attached hydrogen (secondary N) is 2. The number of aromatic nitrogens is 2. The predicted octanol–water partition coefficient (Wildman–Crippen LogP) is 4.14. The van der Waals surface area contributed by atoms with E-state index >= 15 is 0 Å². The Morgan fingerprint density at radius 2 is 2.03 bits per heavy atom. The maximum absolute atomic E-state index is 11.8. The van der Waals surface area contributed by atoms with Crippen molar-refractivity contribution in [2.45, 2.75) is 46.7 Å². The number of guanidine groups is 1. The molecule has 1 aromatic carbocycles. The van der Waals surface area contributed by atoms with Crippen molar-refractivity contribution in [2.75, 3.05) is 25.0 Å². The number of likely N-dealkylation sites (tertiary alicyclic amines) is 1. The molecule has 1 amide bonds. The quantitative estimate of drug-likeness (QED) is 0.330. The van der Waals surface area contributed by atoms with E-state index in [1.54, 1.807) is 0 Å². The van der Waals surface area contributed by atoms with Crippen molar-refractivity contribution in [3.8, 4) is 0 Å². The van der Waals surface area contributed by atoms with Crippen molar-refractivity contribution in [3.63, 3.8) is 0 Å². The number of piperidine rings is 1. The molecule has 1 aliphatic rings. The molecule has 1 aliphatic heterocycles. The minimum Gasteiger partial charge on any atom is -0.357 e. The van der Waals surface area contributed by atoms with E-state index in [0.717, 1.165) is 43.3 Å². The Morgan fingerprint density at radius 3 is 2.65 bits per heavy atom. The summed E-state index contributed by atoms with van der Waals surface area (Å²) in [7, 11) is 0. The first-order chi connectivity index (χ1) is 14.5. The summed E-state index contributed by atoms with van der Waals surface area (Å²) in [6, 6.07) is 8.32. The molecule has 170 valence electrons. The van der Waals surface area contributed by atoms with Gasteiger partial charge < -0.3 is 20.1 Å². The van der Waals surface area contributed by atoms with Crippen molar-refractivity contribution in [1.82, 2.24) is 19.8 Å². The molecule has 0 spiro atoms. The molecule has 8 heteroatoms. The first-order valence-corrected chi connectivity index (χ1v) is 10.9. The number of carbonyl (C=O) groups excluding carboxylic acids is 1. The lowest BCUT2D eigenvalue weighted by molar-refractivity contribution is -0.118. The van der Waals surface area contributed by atoms with E-state index in [9.17, 15) is 4.79 Å². The summed E-state index contributed by atoms with van der Waals surface area (Å²) in [5.41, 5.74) is 1.94. The van der Waals surface area contributed by atoms with Crippen LogP contribution in [0.3, 0.4) is 0 Å². The van der Waals surface area contributed by atoms with Gasteiger partial charge in [-0.1, -0.05) is 32.9 Å².